The molecule has 3 amide bonds. The summed E-state index contributed by atoms with van der Waals surface area (Å²) in [6.45, 7) is 1.31. The van der Waals surface area contributed by atoms with Crippen LogP contribution >= 0.6 is 11.3 Å². The minimum absolute atomic E-state index is 0.0275. The first-order valence-corrected chi connectivity index (χ1v) is 10.5. The molecule has 2 heterocycles. The zero-order chi connectivity index (χ0) is 19.5. The molecule has 2 aromatic rings. The summed E-state index contributed by atoms with van der Waals surface area (Å²) in [6, 6.07) is 10.8. The van der Waals surface area contributed by atoms with Crippen LogP contribution in [0.25, 0.3) is 0 Å². The largest absolute Gasteiger partial charge is 0.342 e. The van der Waals surface area contributed by atoms with Crippen LogP contribution in [0.5, 0.6) is 0 Å². The van der Waals surface area contributed by atoms with E-state index in [1.165, 1.54) is 11.3 Å². The second kappa shape index (κ2) is 8.14. The molecule has 0 unspecified atom stereocenters. The fourth-order valence-corrected chi connectivity index (χ4v) is 4.09. The molecule has 1 saturated heterocycles. The molecule has 0 bridgehead atoms. The van der Waals surface area contributed by atoms with Gasteiger partial charge in [-0.25, -0.2) is 0 Å². The van der Waals surface area contributed by atoms with Gasteiger partial charge < -0.3 is 15.5 Å². The normalized spacial score (nSPS) is 17.2. The van der Waals surface area contributed by atoms with Gasteiger partial charge in [-0.2, -0.15) is 0 Å². The first kappa shape index (κ1) is 18.7. The Labute approximate surface area is 167 Å². The van der Waals surface area contributed by atoms with E-state index in [1.807, 2.05) is 22.4 Å². The van der Waals surface area contributed by atoms with Crippen LogP contribution in [0.1, 0.15) is 35.4 Å². The fourth-order valence-electron chi connectivity index (χ4n) is 3.47. The third-order valence-electron chi connectivity index (χ3n) is 5.24. The van der Waals surface area contributed by atoms with Gasteiger partial charge in [0.15, 0.2) is 0 Å². The van der Waals surface area contributed by atoms with Crippen LogP contribution < -0.4 is 10.6 Å². The van der Waals surface area contributed by atoms with E-state index in [0.29, 0.717) is 42.2 Å². The zero-order valence-corrected chi connectivity index (χ0v) is 16.3. The average molecular weight is 398 g/mol. The Morgan fingerprint density at radius 3 is 2.25 bits per heavy atom. The van der Waals surface area contributed by atoms with E-state index in [4.69, 9.17) is 0 Å². The highest BCUT2D eigenvalue weighted by molar-refractivity contribution is 7.12. The SMILES string of the molecule is O=C(Nc1cccc(NC(=O)C2CCN(C(=O)C3CC3)CC2)c1)c1cccs1. The molecule has 1 aromatic heterocycles. The van der Waals surface area contributed by atoms with Gasteiger partial charge in [0.2, 0.25) is 11.8 Å². The molecule has 4 rings (SSSR count). The van der Waals surface area contributed by atoms with Crippen molar-refractivity contribution in [1.82, 2.24) is 4.90 Å². The van der Waals surface area contributed by atoms with Gasteiger partial charge >= 0.3 is 0 Å². The maximum Gasteiger partial charge on any atom is 0.265 e. The molecule has 6 nitrogen and oxygen atoms in total. The van der Waals surface area contributed by atoms with Crippen LogP contribution in [0.4, 0.5) is 11.4 Å². The second-order valence-corrected chi connectivity index (χ2v) is 8.32. The number of thiophene rings is 1. The summed E-state index contributed by atoms with van der Waals surface area (Å²) in [4.78, 5) is 39.5. The minimum Gasteiger partial charge on any atom is -0.342 e. The van der Waals surface area contributed by atoms with Crippen LogP contribution in [0.2, 0.25) is 0 Å². The molecule has 28 heavy (non-hydrogen) atoms. The molecule has 0 radical (unpaired) electrons. The summed E-state index contributed by atoms with van der Waals surface area (Å²) in [5, 5.41) is 7.65. The van der Waals surface area contributed by atoms with Crippen LogP contribution in [-0.4, -0.2) is 35.7 Å². The predicted molar refractivity (Wildman–Crippen MR) is 109 cm³/mol. The standard InChI is InChI=1S/C21H23N3O3S/c25-19(14-8-10-24(11-9-14)21(27)15-6-7-15)22-16-3-1-4-17(13-16)23-20(26)18-5-2-12-28-18/h1-5,12-15H,6-11H2,(H,22,25)(H,23,26). The molecule has 1 aliphatic heterocycles. The van der Waals surface area contributed by atoms with E-state index < -0.39 is 0 Å². The molecule has 1 aliphatic carbocycles. The number of likely N-dealkylation sites (tertiary alicyclic amines) is 1. The Morgan fingerprint density at radius 2 is 1.61 bits per heavy atom. The summed E-state index contributed by atoms with van der Waals surface area (Å²) in [7, 11) is 0. The molecule has 2 N–H and O–H groups in total. The third kappa shape index (κ3) is 4.42. The first-order chi connectivity index (χ1) is 13.6. The van der Waals surface area contributed by atoms with Gasteiger partial charge in [-0.05, 0) is 55.3 Å². The summed E-state index contributed by atoms with van der Waals surface area (Å²) >= 11 is 1.38. The molecule has 1 saturated carbocycles. The lowest BCUT2D eigenvalue weighted by molar-refractivity contribution is -0.135. The van der Waals surface area contributed by atoms with E-state index in [9.17, 15) is 14.4 Å². The molecule has 0 atom stereocenters. The van der Waals surface area contributed by atoms with Gasteiger partial charge in [-0.3, -0.25) is 14.4 Å². The number of nitrogens with one attached hydrogen (secondary N) is 2. The zero-order valence-electron chi connectivity index (χ0n) is 15.5. The Bertz CT molecular complexity index is 869. The van der Waals surface area contributed by atoms with Crippen molar-refractivity contribution < 1.29 is 14.4 Å². The maximum absolute atomic E-state index is 12.6. The lowest BCUT2D eigenvalue weighted by Crippen LogP contribution is -2.42. The number of amides is 3. The molecule has 1 aromatic carbocycles. The van der Waals surface area contributed by atoms with E-state index in [2.05, 4.69) is 10.6 Å². The molecular weight excluding hydrogens is 374 g/mol. The van der Waals surface area contributed by atoms with Crippen molar-refractivity contribution in [3.8, 4) is 0 Å². The number of hydrogen-bond acceptors (Lipinski definition) is 4. The number of anilines is 2. The number of nitrogens with zero attached hydrogens (tertiary/aromatic N) is 1. The van der Waals surface area contributed by atoms with Crippen molar-refractivity contribution in [2.24, 2.45) is 11.8 Å². The number of rotatable bonds is 5. The molecule has 7 heteroatoms. The lowest BCUT2D eigenvalue weighted by Gasteiger charge is -2.31. The van der Waals surface area contributed by atoms with Gasteiger partial charge in [0.05, 0.1) is 4.88 Å². The Hall–Kier alpha value is -2.67. The topological polar surface area (TPSA) is 78.5 Å². The first-order valence-electron chi connectivity index (χ1n) is 9.65. The summed E-state index contributed by atoms with van der Waals surface area (Å²) in [5.74, 6) is 0.213. The number of hydrogen-bond donors (Lipinski definition) is 2. The van der Waals surface area contributed by atoms with Crippen LogP contribution in [0.3, 0.4) is 0 Å². The highest BCUT2D eigenvalue weighted by Crippen LogP contribution is 2.32. The molecule has 2 aliphatic rings. The van der Waals surface area contributed by atoms with Crippen molar-refractivity contribution in [3.05, 3.63) is 46.7 Å². The molecule has 0 spiro atoms. The van der Waals surface area contributed by atoms with E-state index in [0.717, 1.165) is 12.8 Å². The predicted octanol–water partition coefficient (Wildman–Crippen LogP) is 3.59. The number of benzene rings is 1. The Balaban J connectivity index is 1.31. The maximum atomic E-state index is 12.6. The quantitative estimate of drug-likeness (QED) is 0.809. The van der Waals surface area contributed by atoms with E-state index >= 15 is 0 Å². The highest BCUT2D eigenvalue weighted by atomic mass is 32.1. The van der Waals surface area contributed by atoms with Crippen molar-refractivity contribution in [2.45, 2.75) is 25.7 Å². The molecule has 146 valence electrons. The van der Waals surface area contributed by atoms with Crippen molar-refractivity contribution in [1.29, 1.82) is 0 Å². The van der Waals surface area contributed by atoms with Gasteiger partial charge in [0.25, 0.3) is 5.91 Å². The van der Waals surface area contributed by atoms with Gasteiger partial charge in [-0.15, -0.1) is 11.3 Å². The minimum atomic E-state index is -0.161. The van der Waals surface area contributed by atoms with Crippen molar-refractivity contribution in [3.63, 3.8) is 0 Å². The van der Waals surface area contributed by atoms with E-state index in [-0.39, 0.29) is 29.6 Å². The van der Waals surface area contributed by atoms with Gasteiger partial charge in [-0.1, -0.05) is 12.1 Å². The lowest BCUT2D eigenvalue weighted by atomic mass is 9.95. The smallest absolute Gasteiger partial charge is 0.265 e. The third-order valence-corrected chi connectivity index (χ3v) is 6.11. The monoisotopic (exact) mass is 397 g/mol. The fraction of sp³-hybridized carbons (Fsp3) is 0.381. The summed E-state index contributed by atoms with van der Waals surface area (Å²) in [6.07, 6.45) is 3.41. The second-order valence-electron chi connectivity index (χ2n) is 7.38. The van der Waals surface area contributed by atoms with Gasteiger partial charge in [0, 0.05) is 36.3 Å². The van der Waals surface area contributed by atoms with Crippen molar-refractivity contribution >= 4 is 40.4 Å². The molecular formula is C21H23N3O3S. The number of piperidine rings is 1. The van der Waals surface area contributed by atoms with Crippen LogP contribution in [-0.2, 0) is 9.59 Å². The van der Waals surface area contributed by atoms with Crippen LogP contribution in [0.15, 0.2) is 41.8 Å². The highest BCUT2D eigenvalue weighted by Gasteiger charge is 2.35. The Morgan fingerprint density at radius 1 is 0.893 bits per heavy atom. The number of carbonyl (C=O) groups is 3. The van der Waals surface area contributed by atoms with E-state index in [1.54, 1.807) is 24.3 Å². The number of carbonyl (C=O) groups excluding carboxylic acids is 3. The summed E-state index contributed by atoms with van der Waals surface area (Å²) in [5.41, 5.74) is 1.30. The van der Waals surface area contributed by atoms with Crippen molar-refractivity contribution in [2.75, 3.05) is 23.7 Å². The molecule has 2 fully saturated rings. The Kier molecular flexibility index (Phi) is 5.43. The van der Waals surface area contributed by atoms with Gasteiger partial charge in [0.1, 0.15) is 0 Å². The summed E-state index contributed by atoms with van der Waals surface area (Å²) < 4.78 is 0. The average Bonchev–Trinajstić information content (AvgIpc) is 3.41. The van der Waals surface area contributed by atoms with Crippen LogP contribution in [0, 0.1) is 11.8 Å².